The zero-order valence-corrected chi connectivity index (χ0v) is 12.1. The molecule has 1 N–H and O–H groups in total. The number of nitrogens with one attached hydrogen (secondary N) is 1. The van der Waals surface area contributed by atoms with E-state index in [1.165, 1.54) is 0 Å². The predicted octanol–water partition coefficient (Wildman–Crippen LogP) is 1.86. The lowest BCUT2D eigenvalue weighted by molar-refractivity contribution is -0.154. The van der Waals surface area contributed by atoms with Crippen molar-refractivity contribution in [2.75, 3.05) is 6.54 Å². The monoisotopic (exact) mass is 264 g/mol. The Bertz CT molecular complexity index is 401. The first-order valence-electron chi connectivity index (χ1n) is 7.23. The third kappa shape index (κ3) is 2.82. The Labute approximate surface area is 115 Å². The Morgan fingerprint density at radius 2 is 2.11 bits per heavy atom. The molecule has 2 rings (SSSR count). The van der Waals surface area contributed by atoms with Crippen molar-refractivity contribution >= 4 is 11.8 Å². The zero-order valence-electron chi connectivity index (χ0n) is 12.1. The molecular formula is C15H24N2O2. The molecule has 2 atom stereocenters. The fourth-order valence-corrected chi connectivity index (χ4v) is 3.00. The van der Waals surface area contributed by atoms with E-state index in [-0.39, 0.29) is 17.9 Å². The second-order valence-electron chi connectivity index (χ2n) is 6.15. The number of carbonyl (C=O) groups is 2. The molecule has 1 heterocycles. The third-order valence-electron chi connectivity index (χ3n) is 4.13. The van der Waals surface area contributed by atoms with Crippen LogP contribution < -0.4 is 5.32 Å². The van der Waals surface area contributed by atoms with Gasteiger partial charge in [0, 0.05) is 6.54 Å². The molecule has 0 aromatic rings. The van der Waals surface area contributed by atoms with Gasteiger partial charge in [0.2, 0.25) is 11.8 Å². The summed E-state index contributed by atoms with van der Waals surface area (Å²) in [7, 11) is 0. The fraction of sp³-hybridized carbons (Fsp3) is 0.733. The van der Waals surface area contributed by atoms with Crippen molar-refractivity contribution in [3.63, 3.8) is 0 Å². The summed E-state index contributed by atoms with van der Waals surface area (Å²) in [6.45, 7) is 6.24. The first-order chi connectivity index (χ1) is 8.95. The maximum Gasteiger partial charge on any atom is 0.248 e. The van der Waals surface area contributed by atoms with Crippen LogP contribution in [0.25, 0.3) is 0 Å². The van der Waals surface area contributed by atoms with Gasteiger partial charge in [-0.15, -0.1) is 0 Å². The highest BCUT2D eigenvalue weighted by atomic mass is 16.2. The number of piperazine rings is 1. The highest BCUT2D eigenvalue weighted by molar-refractivity contribution is 5.99. The zero-order chi connectivity index (χ0) is 14.0. The summed E-state index contributed by atoms with van der Waals surface area (Å²) in [5.74, 6) is 0.525. The van der Waals surface area contributed by atoms with Gasteiger partial charge >= 0.3 is 0 Å². The van der Waals surface area contributed by atoms with Crippen LogP contribution >= 0.6 is 0 Å². The number of hydrogen-bond donors (Lipinski definition) is 1. The summed E-state index contributed by atoms with van der Waals surface area (Å²) >= 11 is 0. The van der Waals surface area contributed by atoms with Gasteiger partial charge in [-0.2, -0.15) is 0 Å². The van der Waals surface area contributed by atoms with Crippen molar-refractivity contribution in [1.29, 1.82) is 0 Å². The highest BCUT2D eigenvalue weighted by Crippen LogP contribution is 2.25. The summed E-state index contributed by atoms with van der Waals surface area (Å²) in [5, 5.41) is 2.83. The first-order valence-corrected chi connectivity index (χ1v) is 7.23. The lowest BCUT2D eigenvalue weighted by Gasteiger charge is -2.44. The molecule has 0 saturated carbocycles. The molecule has 0 radical (unpaired) electrons. The molecular weight excluding hydrogens is 240 g/mol. The van der Waals surface area contributed by atoms with Crippen molar-refractivity contribution in [3.8, 4) is 0 Å². The molecule has 4 heteroatoms. The van der Waals surface area contributed by atoms with E-state index in [0.29, 0.717) is 18.9 Å². The third-order valence-corrected chi connectivity index (χ3v) is 4.13. The predicted molar refractivity (Wildman–Crippen MR) is 74.5 cm³/mol. The summed E-state index contributed by atoms with van der Waals surface area (Å²) in [5.41, 5.74) is -0.771. The molecule has 1 fully saturated rings. The molecule has 1 aliphatic heterocycles. The smallest absolute Gasteiger partial charge is 0.248 e. The van der Waals surface area contributed by atoms with Crippen LogP contribution in [0.15, 0.2) is 12.2 Å². The minimum atomic E-state index is -0.771. The summed E-state index contributed by atoms with van der Waals surface area (Å²) in [6.07, 6.45) is 8.27. The van der Waals surface area contributed by atoms with E-state index in [0.717, 1.165) is 19.3 Å². The summed E-state index contributed by atoms with van der Waals surface area (Å²) < 4.78 is 0. The SMILES string of the molecule is CCC1C(=O)NC(C)(C)C(=O)N1CC1CC=CCC1. The summed E-state index contributed by atoms with van der Waals surface area (Å²) in [6, 6.07) is -0.300. The maximum atomic E-state index is 12.5. The molecule has 19 heavy (non-hydrogen) atoms. The average Bonchev–Trinajstić information content (AvgIpc) is 2.37. The highest BCUT2D eigenvalue weighted by Gasteiger charge is 2.44. The van der Waals surface area contributed by atoms with Gasteiger partial charge in [0.05, 0.1) is 0 Å². The van der Waals surface area contributed by atoms with Crippen molar-refractivity contribution < 1.29 is 9.59 Å². The van der Waals surface area contributed by atoms with Crippen LogP contribution in [0.5, 0.6) is 0 Å². The number of allylic oxidation sites excluding steroid dienone is 2. The Morgan fingerprint density at radius 3 is 2.68 bits per heavy atom. The number of rotatable bonds is 3. The molecule has 2 aliphatic rings. The lowest BCUT2D eigenvalue weighted by Crippen LogP contribution is -2.68. The van der Waals surface area contributed by atoms with Crippen LogP contribution in [-0.2, 0) is 9.59 Å². The van der Waals surface area contributed by atoms with E-state index in [1.807, 2.05) is 11.8 Å². The Hall–Kier alpha value is -1.32. The molecule has 4 nitrogen and oxygen atoms in total. The van der Waals surface area contributed by atoms with Crippen LogP contribution in [0.3, 0.4) is 0 Å². The molecule has 1 saturated heterocycles. The van der Waals surface area contributed by atoms with Gasteiger partial charge in [-0.25, -0.2) is 0 Å². The summed E-state index contributed by atoms with van der Waals surface area (Å²) in [4.78, 5) is 26.5. The van der Waals surface area contributed by atoms with E-state index >= 15 is 0 Å². The largest absolute Gasteiger partial charge is 0.340 e. The molecule has 1 aliphatic carbocycles. The number of carbonyl (C=O) groups excluding carboxylic acids is 2. The number of nitrogens with zero attached hydrogens (tertiary/aromatic N) is 1. The van der Waals surface area contributed by atoms with Crippen LogP contribution in [0.2, 0.25) is 0 Å². The van der Waals surface area contributed by atoms with Crippen LogP contribution in [0, 0.1) is 5.92 Å². The molecule has 2 amide bonds. The van der Waals surface area contributed by atoms with E-state index in [2.05, 4.69) is 17.5 Å². The van der Waals surface area contributed by atoms with Crippen molar-refractivity contribution in [1.82, 2.24) is 10.2 Å². The van der Waals surface area contributed by atoms with Gasteiger partial charge in [0.1, 0.15) is 11.6 Å². The maximum absolute atomic E-state index is 12.5. The molecule has 0 bridgehead atoms. The molecule has 0 spiro atoms. The minimum Gasteiger partial charge on any atom is -0.340 e. The Kier molecular flexibility index (Phi) is 3.97. The van der Waals surface area contributed by atoms with E-state index in [9.17, 15) is 9.59 Å². The molecule has 106 valence electrons. The second kappa shape index (κ2) is 5.35. The normalized spacial score (nSPS) is 30.4. The molecule has 0 aromatic heterocycles. The lowest BCUT2D eigenvalue weighted by atomic mass is 9.90. The van der Waals surface area contributed by atoms with Crippen molar-refractivity contribution in [3.05, 3.63) is 12.2 Å². The topological polar surface area (TPSA) is 49.4 Å². The quantitative estimate of drug-likeness (QED) is 0.791. The van der Waals surface area contributed by atoms with E-state index < -0.39 is 5.54 Å². The Morgan fingerprint density at radius 1 is 1.37 bits per heavy atom. The van der Waals surface area contributed by atoms with Crippen LogP contribution in [-0.4, -0.2) is 34.8 Å². The van der Waals surface area contributed by atoms with Gasteiger partial charge in [0.25, 0.3) is 0 Å². The van der Waals surface area contributed by atoms with Gasteiger partial charge in [-0.3, -0.25) is 9.59 Å². The minimum absolute atomic E-state index is 0.0153. The number of hydrogen-bond acceptors (Lipinski definition) is 2. The van der Waals surface area contributed by atoms with Gasteiger partial charge < -0.3 is 10.2 Å². The van der Waals surface area contributed by atoms with Crippen molar-refractivity contribution in [2.24, 2.45) is 5.92 Å². The van der Waals surface area contributed by atoms with Crippen LogP contribution in [0.4, 0.5) is 0 Å². The van der Waals surface area contributed by atoms with Gasteiger partial charge in [0.15, 0.2) is 0 Å². The standard InChI is InChI=1S/C15H24N2O2/c1-4-12-13(18)16-15(2,3)14(19)17(12)10-11-8-6-5-7-9-11/h5-6,11-12H,4,7-10H2,1-3H3,(H,16,18). The van der Waals surface area contributed by atoms with Gasteiger partial charge in [-0.05, 0) is 45.4 Å². The Balaban J connectivity index is 2.15. The average molecular weight is 264 g/mol. The van der Waals surface area contributed by atoms with Crippen molar-refractivity contribution in [2.45, 2.75) is 58.0 Å². The van der Waals surface area contributed by atoms with E-state index in [1.54, 1.807) is 13.8 Å². The first kappa shape index (κ1) is 14.1. The van der Waals surface area contributed by atoms with Gasteiger partial charge in [-0.1, -0.05) is 19.1 Å². The fourth-order valence-electron chi connectivity index (χ4n) is 3.00. The number of amides is 2. The van der Waals surface area contributed by atoms with E-state index in [4.69, 9.17) is 0 Å². The molecule has 2 unspecified atom stereocenters. The van der Waals surface area contributed by atoms with Crippen LogP contribution in [0.1, 0.15) is 46.5 Å². The molecule has 0 aromatic carbocycles. The second-order valence-corrected chi connectivity index (χ2v) is 6.15.